The van der Waals surface area contributed by atoms with Crippen molar-refractivity contribution in [3.05, 3.63) is 113 Å². The lowest BCUT2D eigenvalue weighted by atomic mass is 9.99. The van der Waals surface area contributed by atoms with Crippen molar-refractivity contribution in [1.82, 2.24) is 0 Å². The van der Waals surface area contributed by atoms with E-state index in [0.717, 1.165) is 40.1 Å². The summed E-state index contributed by atoms with van der Waals surface area (Å²) in [5.74, 6) is -3.09. The topological polar surface area (TPSA) is 49.4 Å². The maximum atomic E-state index is 14.6. The second-order valence-electron chi connectivity index (χ2n) is 8.24. The van der Waals surface area contributed by atoms with Crippen molar-refractivity contribution < 1.29 is 18.4 Å². The highest BCUT2D eigenvalue weighted by molar-refractivity contribution is 6.46. The van der Waals surface area contributed by atoms with Crippen LogP contribution in [0.15, 0.2) is 84.6 Å². The van der Waals surface area contributed by atoms with Crippen molar-refractivity contribution in [2.24, 2.45) is 0 Å². The zero-order valence-electron chi connectivity index (χ0n) is 18.5. The molecule has 5 rings (SSSR count). The molecule has 6 heteroatoms. The Bertz CT molecular complexity index is 1520. The molecule has 4 aromatic carbocycles. The Morgan fingerprint density at radius 2 is 1.53 bits per heavy atom. The zero-order valence-corrected chi connectivity index (χ0v) is 18.5. The van der Waals surface area contributed by atoms with Gasteiger partial charge in [-0.15, -0.1) is 0 Å². The normalized spacial score (nSPS) is 13.8. The quantitative estimate of drug-likeness (QED) is 0.377. The first kappa shape index (κ1) is 21.5. The highest BCUT2D eigenvalue weighted by Crippen LogP contribution is 2.36. The summed E-state index contributed by atoms with van der Waals surface area (Å²) in [5.41, 5.74) is 2.78. The number of imide groups is 1. The van der Waals surface area contributed by atoms with Gasteiger partial charge in [-0.2, -0.15) is 0 Å². The number of aryl methyl sites for hydroxylation is 2. The Balaban J connectivity index is 1.70. The number of nitrogens with one attached hydrogen (secondary N) is 1. The van der Waals surface area contributed by atoms with Crippen molar-refractivity contribution in [3.63, 3.8) is 0 Å². The third kappa shape index (κ3) is 3.53. The van der Waals surface area contributed by atoms with E-state index in [1.807, 2.05) is 62.4 Å². The molecule has 1 N–H and O–H groups in total. The van der Waals surface area contributed by atoms with Gasteiger partial charge in [-0.25, -0.2) is 13.7 Å². The minimum Gasteiger partial charge on any atom is -0.350 e. The van der Waals surface area contributed by atoms with Crippen LogP contribution < -0.4 is 10.2 Å². The molecule has 0 saturated carbocycles. The van der Waals surface area contributed by atoms with Crippen LogP contribution in [0.3, 0.4) is 0 Å². The molecule has 1 aliphatic heterocycles. The summed E-state index contributed by atoms with van der Waals surface area (Å²) < 4.78 is 28.6. The summed E-state index contributed by atoms with van der Waals surface area (Å²) in [5, 5.41) is 4.94. The highest BCUT2D eigenvalue weighted by atomic mass is 19.1. The van der Waals surface area contributed by atoms with Crippen molar-refractivity contribution in [3.8, 4) is 0 Å². The van der Waals surface area contributed by atoms with E-state index in [4.69, 9.17) is 0 Å². The van der Waals surface area contributed by atoms with E-state index in [-0.39, 0.29) is 11.3 Å². The number of nitrogens with zero attached hydrogens (tertiary/aromatic N) is 1. The smallest absolute Gasteiger partial charge is 0.282 e. The molecule has 0 aromatic heterocycles. The second kappa shape index (κ2) is 8.23. The fraction of sp³-hybridized carbons (Fsp3) is 0.0714. The molecular weight excluding hydrogens is 434 g/mol. The first-order valence-corrected chi connectivity index (χ1v) is 10.8. The third-order valence-corrected chi connectivity index (χ3v) is 6.08. The van der Waals surface area contributed by atoms with Crippen molar-refractivity contribution in [2.45, 2.75) is 13.8 Å². The SMILES string of the molecule is Cc1ccc(C2=C(Nc3cccc4ccccc34)C(=O)N(c3cc(F)ccc3F)C2=O)cc1C. The summed E-state index contributed by atoms with van der Waals surface area (Å²) in [7, 11) is 0. The number of halogens is 2. The molecule has 0 spiro atoms. The van der Waals surface area contributed by atoms with Crippen LogP contribution in [0, 0.1) is 25.5 Å². The van der Waals surface area contributed by atoms with Crippen LogP contribution >= 0.6 is 0 Å². The second-order valence-corrected chi connectivity index (χ2v) is 8.24. The van der Waals surface area contributed by atoms with Crippen LogP contribution in [0.5, 0.6) is 0 Å². The van der Waals surface area contributed by atoms with E-state index >= 15 is 0 Å². The number of amides is 2. The minimum atomic E-state index is -0.867. The van der Waals surface area contributed by atoms with Crippen LogP contribution in [0.2, 0.25) is 0 Å². The Kier molecular flexibility index (Phi) is 5.21. The summed E-state index contributed by atoms with van der Waals surface area (Å²) in [6, 6.07) is 21.3. The molecule has 34 heavy (non-hydrogen) atoms. The molecule has 4 nitrogen and oxygen atoms in total. The van der Waals surface area contributed by atoms with Gasteiger partial charge in [0.05, 0.1) is 11.3 Å². The largest absolute Gasteiger partial charge is 0.350 e. The van der Waals surface area contributed by atoms with E-state index in [9.17, 15) is 18.4 Å². The van der Waals surface area contributed by atoms with Gasteiger partial charge in [0.15, 0.2) is 0 Å². The monoisotopic (exact) mass is 454 g/mol. The molecule has 1 aliphatic rings. The molecule has 4 aromatic rings. The number of fused-ring (bicyclic) bond motifs is 1. The number of rotatable bonds is 4. The van der Waals surface area contributed by atoms with Crippen molar-refractivity contribution >= 4 is 39.5 Å². The minimum absolute atomic E-state index is 0.00765. The number of anilines is 2. The Morgan fingerprint density at radius 1 is 0.765 bits per heavy atom. The molecule has 0 aliphatic carbocycles. The van der Waals surface area contributed by atoms with Crippen LogP contribution in [0.1, 0.15) is 16.7 Å². The lowest BCUT2D eigenvalue weighted by molar-refractivity contribution is -0.120. The molecule has 168 valence electrons. The van der Waals surface area contributed by atoms with Crippen molar-refractivity contribution in [1.29, 1.82) is 0 Å². The molecular formula is C28H20F2N2O2. The standard InChI is InChI=1S/C28H20F2N2O2/c1-16-10-11-19(14-17(16)2)25-26(31-23-9-5-7-18-6-3-4-8-21(18)23)28(34)32(27(25)33)24-15-20(29)12-13-22(24)30/h3-15,31H,1-2H3. The maximum absolute atomic E-state index is 14.6. The summed E-state index contributed by atoms with van der Waals surface area (Å²) in [6.45, 7) is 3.85. The summed E-state index contributed by atoms with van der Waals surface area (Å²) in [6.07, 6.45) is 0. The molecule has 0 unspecified atom stereocenters. The fourth-order valence-electron chi connectivity index (χ4n) is 4.16. The van der Waals surface area contributed by atoms with E-state index in [2.05, 4.69) is 5.32 Å². The van der Waals surface area contributed by atoms with Gasteiger partial charge >= 0.3 is 0 Å². The number of carbonyl (C=O) groups is 2. The molecule has 0 atom stereocenters. The number of hydrogen-bond acceptors (Lipinski definition) is 3. The van der Waals surface area contributed by atoms with Gasteiger partial charge in [-0.1, -0.05) is 54.6 Å². The van der Waals surface area contributed by atoms with Crippen LogP contribution in [-0.4, -0.2) is 11.8 Å². The van der Waals surface area contributed by atoms with Crippen LogP contribution in [0.25, 0.3) is 16.3 Å². The van der Waals surface area contributed by atoms with E-state index in [0.29, 0.717) is 16.2 Å². The highest BCUT2D eigenvalue weighted by Gasteiger charge is 2.41. The predicted molar refractivity (Wildman–Crippen MR) is 129 cm³/mol. The third-order valence-electron chi connectivity index (χ3n) is 6.08. The van der Waals surface area contributed by atoms with Crippen LogP contribution in [-0.2, 0) is 9.59 Å². The van der Waals surface area contributed by atoms with Gasteiger partial charge in [-0.05, 0) is 54.1 Å². The average Bonchev–Trinajstić information content (AvgIpc) is 3.07. The molecule has 1 heterocycles. The molecule has 2 amide bonds. The van der Waals surface area contributed by atoms with Gasteiger partial charge in [0.2, 0.25) is 0 Å². The molecule has 0 radical (unpaired) electrons. The van der Waals surface area contributed by atoms with Crippen molar-refractivity contribution in [2.75, 3.05) is 10.2 Å². The van der Waals surface area contributed by atoms with Gasteiger partial charge < -0.3 is 5.32 Å². The lowest BCUT2D eigenvalue weighted by Gasteiger charge is -2.16. The van der Waals surface area contributed by atoms with E-state index in [1.54, 1.807) is 12.1 Å². The predicted octanol–water partition coefficient (Wildman–Crippen LogP) is 6.13. The number of carbonyl (C=O) groups excluding carboxylic acids is 2. The lowest BCUT2D eigenvalue weighted by Crippen LogP contribution is -2.33. The molecule has 0 saturated heterocycles. The van der Waals surface area contributed by atoms with E-state index in [1.165, 1.54) is 0 Å². The summed E-state index contributed by atoms with van der Waals surface area (Å²) in [4.78, 5) is 27.8. The number of hydrogen-bond donors (Lipinski definition) is 1. The maximum Gasteiger partial charge on any atom is 0.282 e. The number of benzene rings is 4. The average molecular weight is 454 g/mol. The van der Waals surface area contributed by atoms with Crippen LogP contribution in [0.4, 0.5) is 20.2 Å². The fourth-order valence-corrected chi connectivity index (χ4v) is 4.16. The first-order chi connectivity index (χ1) is 16.3. The Morgan fingerprint density at radius 3 is 2.32 bits per heavy atom. The Hall–Kier alpha value is -4.32. The van der Waals surface area contributed by atoms with Gasteiger partial charge in [-0.3, -0.25) is 9.59 Å². The Labute approximate surface area is 195 Å². The molecule has 0 fully saturated rings. The first-order valence-electron chi connectivity index (χ1n) is 10.8. The van der Waals surface area contributed by atoms with E-state index < -0.39 is 29.1 Å². The van der Waals surface area contributed by atoms with Gasteiger partial charge in [0.1, 0.15) is 17.3 Å². The van der Waals surface area contributed by atoms with Gasteiger partial charge in [0, 0.05) is 17.1 Å². The molecule has 0 bridgehead atoms. The zero-order chi connectivity index (χ0) is 24.0. The van der Waals surface area contributed by atoms with Gasteiger partial charge in [0.25, 0.3) is 11.8 Å². The summed E-state index contributed by atoms with van der Waals surface area (Å²) >= 11 is 0.